The van der Waals surface area contributed by atoms with Gasteiger partial charge in [0, 0.05) is 0 Å². The zero-order chi connectivity index (χ0) is 8.97. The molecule has 0 aliphatic heterocycles. The van der Waals surface area contributed by atoms with Crippen LogP contribution in [0.5, 0.6) is 0 Å². The van der Waals surface area contributed by atoms with E-state index in [0.717, 1.165) is 5.56 Å². The van der Waals surface area contributed by atoms with Crippen molar-refractivity contribution in [2.75, 3.05) is 6.61 Å². The second kappa shape index (κ2) is 4.51. The maximum atomic E-state index is 10.1. The predicted molar refractivity (Wildman–Crippen MR) is 51.0 cm³/mol. The summed E-state index contributed by atoms with van der Waals surface area (Å²) in [6.45, 7) is -0.222. The van der Waals surface area contributed by atoms with E-state index in [4.69, 9.17) is 23.2 Å². The van der Waals surface area contributed by atoms with Crippen molar-refractivity contribution in [1.82, 2.24) is 0 Å². The van der Waals surface area contributed by atoms with E-state index in [-0.39, 0.29) is 6.61 Å². The fourth-order valence-corrected chi connectivity index (χ4v) is 1.11. The summed E-state index contributed by atoms with van der Waals surface area (Å²) in [6, 6.07) is 5.23. The summed E-state index contributed by atoms with van der Waals surface area (Å²) in [5, 5.41) is 11.1. The van der Waals surface area contributed by atoms with E-state index in [1.54, 1.807) is 24.3 Å². The summed E-state index contributed by atoms with van der Waals surface area (Å²) in [6.07, 6.45) is 3.24. The molecule has 0 N–H and O–H groups in total. The van der Waals surface area contributed by atoms with Gasteiger partial charge in [0.1, 0.15) is 6.61 Å². The Balaban J connectivity index is 2.89. The zero-order valence-electron chi connectivity index (χ0n) is 6.26. The molecule has 0 bridgehead atoms. The first-order valence-electron chi connectivity index (χ1n) is 3.43. The summed E-state index contributed by atoms with van der Waals surface area (Å²) >= 11 is 11.4. The Hall–Kier alpha value is -0.500. The first-order chi connectivity index (χ1) is 5.74. The van der Waals surface area contributed by atoms with Crippen molar-refractivity contribution in [3.63, 3.8) is 0 Å². The summed E-state index contributed by atoms with van der Waals surface area (Å²) in [5.74, 6) is 0. The van der Waals surface area contributed by atoms with Gasteiger partial charge in [-0.2, -0.15) is 0 Å². The Kier molecular flexibility index (Phi) is 3.60. The molecule has 0 heterocycles. The van der Waals surface area contributed by atoms with Crippen molar-refractivity contribution in [3.05, 3.63) is 39.9 Å². The molecule has 0 aliphatic rings. The summed E-state index contributed by atoms with van der Waals surface area (Å²) in [5.41, 5.74) is 0.889. The van der Waals surface area contributed by atoms with Gasteiger partial charge in [0.25, 0.3) is 0 Å². The topological polar surface area (TPSA) is 19.9 Å². The van der Waals surface area contributed by atoms with Gasteiger partial charge in [-0.15, -0.1) is 0 Å². The standard InChI is InChI=1S/C9H7Cl2O/c10-8-4-3-7(2-1-5-12)6-9(8)11/h1-4,6H,5H2/b2-1+. The van der Waals surface area contributed by atoms with Crippen molar-refractivity contribution in [3.8, 4) is 0 Å². The summed E-state index contributed by atoms with van der Waals surface area (Å²) in [7, 11) is 0. The molecular formula is C9H7Cl2O. The molecule has 1 rings (SSSR count). The van der Waals surface area contributed by atoms with Crippen LogP contribution in [0.3, 0.4) is 0 Å². The third-order valence-electron chi connectivity index (χ3n) is 1.35. The van der Waals surface area contributed by atoms with Gasteiger partial charge in [-0.05, 0) is 17.7 Å². The van der Waals surface area contributed by atoms with Gasteiger partial charge in [-0.3, -0.25) is 0 Å². The van der Waals surface area contributed by atoms with E-state index < -0.39 is 0 Å². The summed E-state index contributed by atoms with van der Waals surface area (Å²) in [4.78, 5) is 0. The fourth-order valence-electron chi connectivity index (χ4n) is 0.800. The molecule has 0 amide bonds. The molecule has 1 aromatic carbocycles. The van der Waals surface area contributed by atoms with E-state index >= 15 is 0 Å². The van der Waals surface area contributed by atoms with Crippen LogP contribution >= 0.6 is 23.2 Å². The highest BCUT2D eigenvalue weighted by molar-refractivity contribution is 6.42. The van der Waals surface area contributed by atoms with E-state index in [1.165, 1.54) is 6.08 Å². The number of hydrogen-bond acceptors (Lipinski definition) is 0. The van der Waals surface area contributed by atoms with Crippen LogP contribution in [0.1, 0.15) is 5.56 Å². The molecule has 3 heteroatoms. The van der Waals surface area contributed by atoms with Crippen LogP contribution in [0.25, 0.3) is 6.08 Å². The molecule has 0 saturated carbocycles. The summed E-state index contributed by atoms with van der Waals surface area (Å²) < 4.78 is 0. The van der Waals surface area contributed by atoms with E-state index in [0.29, 0.717) is 10.0 Å². The Morgan fingerprint density at radius 3 is 2.58 bits per heavy atom. The van der Waals surface area contributed by atoms with Crippen LogP contribution < -0.4 is 0 Å². The first-order valence-corrected chi connectivity index (χ1v) is 4.19. The smallest absolute Gasteiger partial charge is 0.101 e. The van der Waals surface area contributed by atoms with E-state index in [1.807, 2.05) is 0 Å². The minimum absolute atomic E-state index is 0.222. The van der Waals surface area contributed by atoms with Crippen molar-refractivity contribution in [2.45, 2.75) is 0 Å². The van der Waals surface area contributed by atoms with Gasteiger partial charge in [0.05, 0.1) is 10.0 Å². The minimum Gasteiger partial charge on any atom is -0.232 e. The zero-order valence-corrected chi connectivity index (χ0v) is 7.77. The molecule has 12 heavy (non-hydrogen) atoms. The van der Waals surface area contributed by atoms with Gasteiger partial charge in [-0.1, -0.05) is 41.4 Å². The number of halogens is 2. The second-order valence-corrected chi connectivity index (χ2v) is 3.06. The Labute approximate surface area is 81.2 Å². The molecule has 1 nitrogen and oxygen atoms in total. The molecule has 0 fully saturated rings. The molecule has 0 aromatic heterocycles. The molecular weight excluding hydrogens is 195 g/mol. The van der Waals surface area contributed by atoms with Crippen molar-refractivity contribution in [1.29, 1.82) is 0 Å². The second-order valence-electron chi connectivity index (χ2n) is 2.24. The predicted octanol–water partition coefficient (Wildman–Crippen LogP) is 3.44. The number of hydrogen-bond donors (Lipinski definition) is 0. The highest BCUT2D eigenvalue weighted by Crippen LogP contribution is 2.22. The van der Waals surface area contributed by atoms with Crippen LogP contribution in [-0.4, -0.2) is 6.61 Å². The fraction of sp³-hybridized carbons (Fsp3) is 0.111. The maximum Gasteiger partial charge on any atom is 0.101 e. The average Bonchev–Trinajstić information content (AvgIpc) is 2.07. The number of rotatable bonds is 2. The first kappa shape index (κ1) is 9.59. The number of benzene rings is 1. The molecule has 0 saturated heterocycles. The molecule has 0 spiro atoms. The van der Waals surface area contributed by atoms with Crippen LogP contribution in [0, 0.1) is 0 Å². The lowest BCUT2D eigenvalue weighted by molar-refractivity contribution is 0.233. The van der Waals surface area contributed by atoms with Crippen LogP contribution in [0.4, 0.5) is 0 Å². The SMILES string of the molecule is [O]C/C=C/c1ccc(Cl)c(Cl)c1. The van der Waals surface area contributed by atoms with Crippen molar-refractivity contribution >= 4 is 29.3 Å². The Bertz CT molecular complexity index is 295. The molecule has 1 aromatic rings. The molecule has 63 valence electrons. The monoisotopic (exact) mass is 201 g/mol. The highest BCUT2D eigenvalue weighted by Gasteiger charge is 1.95. The van der Waals surface area contributed by atoms with Crippen molar-refractivity contribution in [2.24, 2.45) is 0 Å². The van der Waals surface area contributed by atoms with Gasteiger partial charge >= 0.3 is 0 Å². The lowest BCUT2D eigenvalue weighted by atomic mass is 10.2. The third-order valence-corrected chi connectivity index (χ3v) is 2.09. The third kappa shape index (κ3) is 2.52. The van der Waals surface area contributed by atoms with Gasteiger partial charge in [0.15, 0.2) is 0 Å². The molecule has 0 atom stereocenters. The van der Waals surface area contributed by atoms with E-state index in [2.05, 4.69) is 0 Å². The molecule has 0 aliphatic carbocycles. The Morgan fingerprint density at radius 2 is 2.00 bits per heavy atom. The normalized spacial score (nSPS) is 10.9. The van der Waals surface area contributed by atoms with Gasteiger partial charge in [0.2, 0.25) is 0 Å². The largest absolute Gasteiger partial charge is 0.232 e. The molecule has 0 unspecified atom stereocenters. The Morgan fingerprint density at radius 1 is 1.25 bits per heavy atom. The maximum absolute atomic E-state index is 10.1. The highest BCUT2D eigenvalue weighted by atomic mass is 35.5. The quantitative estimate of drug-likeness (QED) is 0.699. The average molecular weight is 202 g/mol. The lowest BCUT2D eigenvalue weighted by Crippen LogP contribution is -1.74. The van der Waals surface area contributed by atoms with Crippen LogP contribution in [-0.2, 0) is 5.11 Å². The van der Waals surface area contributed by atoms with Crippen LogP contribution in [0.15, 0.2) is 24.3 Å². The lowest BCUT2D eigenvalue weighted by Gasteiger charge is -1.96. The van der Waals surface area contributed by atoms with Gasteiger partial charge in [-0.25, -0.2) is 5.11 Å². The van der Waals surface area contributed by atoms with E-state index in [9.17, 15) is 5.11 Å². The van der Waals surface area contributed by atoms with Crippen molar-refractivity contribution < 1.29 is 5.11 Å². The van der Waals surface area contributed by atoms with Gasteiger partial charge < -0.3 is 0 Å². The molecule has 1 radical (unpaired) electrons. The minimum atomic E-state index is -0.222. The van der Waals surface area contributed by atoms with Crippen LogP contribution in [0.2, 0.25) is 10.0 Å².